The van der Waals surface area contributed by atoms with E-state index >= 15 is 0 Å². The second-order valence-corrected chi connectivity index (χ2v) is 3.42. The van der Waals surface area contributed by atoms with Crippen molar-refractivity contribution in [2.75, 3.05) is 7.05 Å². The molecule has 16 heavy (non-hydrogen) atoms. The van der Waals surface area contributed by atoms with Gasteiger partial charge in [0, 0.05) is 13.1 Å². The number of carbonyl (C=O) groups is 2. The van der Waals surface area contributed by atoms with Crippen molar-refractivity contribution in [1.29, 1.82) is 0 Å². The van der Waals surface area contributed by atoms with Crippen molar-refractivity contribution in [3.05, 3.63) is 11.6 Å². The van der Waals surface area contributed by atoms with E-state index in [-0.39, 0.29) is 12.0 Å². The van der Waals surface area contributed by atoms with E-state index in [0.29, 0.717) is 0 Å². The minimum absolute atomic E-state index is 0.00794. The van der Waals surface area contributed by atoms with E-state index in [2.05, 4.69) is 10.6 Å². The molecule has 2 amide bonds. The third kappa shape index (κ3) is 3.25. The van der Waals surface area contributed by atoms with E-state index in [1.165, 1.54) is 13.1 Å². The van der Waals surface area contributed by atoms with E-state index in [0.717, 1.165) is 0 Å². The van der Waals surface area contributed by atoms with Gasteiger partial charge in [0.05, 0.1) is 6.42 Å². The zero-order valence-electron chi connectivity index (χ0n) is 8.52. The minimum atomic E-state index is -4.32. The number of halogens is 3. The van der Waals surface area contributed by atoms with Crippen LogP contribution in [-0.2, 0) is 9.59 Å². The van der Waals surface area contributed by atoms with Gasteiger partial charge in [-0.05, 0) is 6.42 Å². The van der Waals surface area contributed by atoms with Crippen LogP contribution in [-0.4, -0.2) is 31.1 Å². The number of nitrogens with one attached hydrogen (secondary N) is 2. The molecule has 1 heterocycles. The molecule has 4 nitrogen and oxygen atoms in total. The molecular weight excluding hydrogens is 225 g/mol. The van der Waals surface area contributed by atoms with Crippen LogP contribution in [0.2, 0.25) is 0 Å². The fourth-order valence-electron chi connectivity index (χ4n) is 1.42. The minimum Gasteiger partial charge on any atom is -0.355 e. The van der Waals surface area contributed by atoms with Crippen LogP contribution in [0.5, 0.6) is 0 Å². The van der Waals surface area contributed by atoms with E-state index in [9.17, 15) is 22.8 Å². The van der Waals surface area contributed by atoms with E-state index in [1.54, 1.807) is 0 Å². The molecule has 1 aliphatic rings. The van der Waals surface area contributed by atoms with Gasteiger partial charge in [0.25, 0.3) is 11.8 Å². The lowest BCUT2D eigenvalue weighted by Crippen LogP contribution is -2.44. The molecule has 0 radical (unpaired) electrons. The molecular formula is C9H11F3N2O2. The fourth-order valence-corrected chi connectivity index (χ4v) is 1.42. The van der Waals surface area contributed by atoms with Crippen molar-refractivity contribution in [3.63, 3.8) is 0 Å². The molecule has 1 unspecified atom stereocenters. The van der Waals surface area contributed by atoms with Crippen LogP contribution in [0.3, 0.4) is 0 Å². The molecule has 2 N–H and O–H groups in total. The first-order chi connectivity index (χ1) is 7.33. The Kier molecular flexibility index (Phi) is 3.56. The summed E-state index contributed by atoms with van der Waals surface area (Å²) in [5, 5.41) is 4.39. The maximum atomic E-state index is 12.0. The van der Waals surface area contributed by atoms with Gasteiger partial charge in [0.1, 0.15) is 5.57 Å². The monoisotopic (exact) mass is 236 g/mol. The van der Waals surface area contributed by atoms with Crippen LogP contribution in [0, 0.1) is 0 Å². The number of carbonyl (C=O) groups excluding carboxylic acids is 2. The van der Waals surface area contributed by atoms with Gasteiger partial charge in [-0.3, -0.25) is 9.59 Å². The molecule has 1 rings (SSSR count). The Morgan fingerprint density at radius 2 is 2.25 bits per heavy atom. The summed E-state index contributed by atoms with van der Waals surface area (Å²) in [6, 6.07) is -0.985. The molecule has 7 heteroatoms. The molecule has 0 aromatic carbocycles. The van der Waals surface area contributed by atoms with Crippen molar-refractivity contribution >= 4 is 11.8 Å². The summed E-state index contributed by atoms with van der Waals surface area (Å²) in [6.07, 6.45) is -4.17. The van der Waals surface area contributed by atoms with Gasteiger partial charge in [0.2, 0.25) is 0 Å². The summed E-state index contributed by atoms with van der Waals surface area (Å²) < 4.78 is 36.1. The number of likely N-dealkylation sites (N-methyl/N-ethyl adjacent to an activating group) is 1. The molecule has 1 aliphatic heterocycles. The van der Waals surface area contributed by atoms with E-state index < -0.39 is 30.5 Å². The van der Waals surface area contributed by atoms with Crippen molar-refractivity contribution in [3.8, 4) is 0 Å². The van der Waals surface area contributed by atoms with Crippen molar-refractivity contribution < 1.29 is 22.8 Å². The molecule has 0 aromatic heterocycles. The third-order valence-electron chi connectivity index (χ3n) is 2.14. The molecule has 0 saturated carbocycles. The highest BCUT2D eigenvalue weighted by Crippen LogP contribution is 2.24. The lowest BCUT2D eigenvalue weighted by Gasteiger charge is -2.23. The number of hydrogen-bond donors (Lipinski definition) is 2. The molecule has 0 spiro atoms. The summed E-state index contributed by atoms with van der Waals surface area (Å²) >= 11 is 0. The van der Waals surface area contributed by atoms with E-state index in [1.807, 2.05) is 0 Å². The maximum absolute atomic E-state index is 12.0. The van der Waals surface area contributed by atoms with Crippen LogP contribution in [0.15, 0.2) is 11.6 Å². The zero-order valence-corrected chi connectivity index (χ0v) is 8.52. The molecule has 1 atom stereocenters. The van der Waals surface area contributed by atoms with E-state index in [4.69, 9.17) is 0 Å². The summed E-state index contributed by atoms with van der Waals surface area (Å²) in [5.74, 6) is -1.36. The first-order valence-corrected chi connectivity index (χ1v) is 4.63. The van der Waals surface area contributed by atoms with Gasteiger partial charge >= 0.3 is 6.18 Å². The summed E-state index contributed by atoms with van der Waals surface area (Å²) in [4.78, 5) is 22.4. The number of alkyl halides is 3. The van der Waals surface area contributed by atoms with Crippen LogP contribution in [0.25, 0.3) is 0 Å². The highest BCUT2D eigenvalue weighted by atomic mass is 19.4. The second-order valence-electron chi connectivity index (χ2n) is 3.42. The number of rotatable bonds is 2. The second kappa shape index (κ2) is 4.54. The maximum Gasteiger partial charge on any atom is 0.391 e. The lowest BCUT2D eigenvalue weighted by molar-refractivity contribution is -0.142. The van der Waals surface area contributed by atoms with Crippen LogP contribution in [0.1, 0.15) is 12.8 Å². The first-order valence-electron chi connectivity index (χ1n) is 4.63. The number of hydrogen-bond acceptors (Lipinski definition) is 2. The third-order valence-corrected chi connectivity index (χ3v) is 2.14. The molecule has 0 bridgehead atoms. The Balaban J connectivity index is 2.67. The Morgan fingerprint density at radius 1 is 1.62 bits per heavy atom. The average Bonchev–Trinajstić information content (AvgIpc) is 2.14. The highest BCUT2D eigenvalue weighted by molar-refractivity contribution is 6.18. The quantitative estimate of drug-likeness (QED) is 0.686. The Morgan fingerprint density at radius 3 is 2.69 bits per heavy atom. The van der Waals surface area contributed by atoms with Gasteiger partial charge in [-0.1, -0.05) is 6.08 Å². The van der Waals surface area contributed by atoms with Crippen molar-refractivity contribution in [2.24, 2.45) is 0 Å². The predicted molar refractivity (Wildman–Crippen MR) is 49.4 cm³/mol. The Bertz CT molecular complexity index is 336. The SMILES string of the molecule is CNC(=O)C1=CCC(CC(F)(F)F)NC1=O. The topological polar surface area (TPSA) is 58.2 Å². The van der Waals surface area contributed by atoms with Gasteiger partial charge in [-0.25, -0.2) is 0 Å². The van der Waals surface area contributed by atoms with Crippen LogP contribution in [0.4, 0.5) is 13.2 Å². The van der Waals surface area contributed by atoms with Crippen LogP contribution >= 0.6 is 0 Å². The molecule has 90 valence electrons. The largest absolute Gasteiger partial charge is 0.391 e. The van der Waals surface area contributed by atoms with Crippen molar-refractivity contribution in [1.82, 2.24) is 10.6 Å². The fraction of sp³-hybridized carbons (Fsp3) is 0.556. The summed E-state index contributed by atoms with van der Waals surface area (Å²) in [5.41, 5.74) is -0.138. The zero-order chi connectivity index (χ0) is 12.3. The van der Waals surface area contributed by atoms with Crippen LogP contribution < -0.4 is 10.6 Å². The number of amides is 2. The predicted octanol–water partition coefficient (Wildman–Crippen LogP) is 0.500. The normalized spacial score (nSPS) is 21.1. The molecule has 0 saturated heterocycles. The molecule has 0 aliphatic carbocycles. The smallest absolute Gasteiger partial charge is 0.355 e. The molecule has 0 fully saturated rings. The van der Waals surface area contributed by atoms with Crippen molar-refractivity contribution in [2.45, 2.75) is 25.1 Å². The summed E-state index contributed by atoms with van der Waals surface area (Å²) in [6.45, 7) is 0. The van der Waals surface area contributed by atoms with Gasteiger partial charge in [-0.15, -0.1) is 0 Å². The first kappa shape index (κ1) is 12.5. The summed E-state index contributed by atoms with van der Waals surface area (Å²) in [7, 11) is 1.35. The average molecular weight is 236 g/mol. The highest BCUT2D eigenvalue weighted by Gasteiger charge is 2.35. The Hall–Kier alpha value is -1.53. The van der Waals surface area contributed by atoms with Gasteiger partial charge < -0.3 is 10.6 Å². The molecule has 0 aromatic rings. The standard InChI is InChI=1S/C9H11F3N2O2/c1-13-7(15)6-3-2-5(14-8(6)16)4-9(10,11)12/h3,5H,2,4H2,1H3,(H,13,15)(H,14,16). The Labute approximate surface area is 89.9 Å². The van der Waals surface area contributed by atoms with Gasteiger partial charge in [-0.2, -0.15) is 13.2 Å². The lowest BCUT2D eigenvalue weighted by atomic mass is 10.0. The van der Waals surface area contributed by atoms with Gasteiger partial charge in [0.15, 0.2) is 0 Å².